The number of amides is 2. The molecule has 0 bridgehead atoms. The van der Waals surface area contributed by atoms with Gasteiger partial charge in [-0.25, -0.2) is 4.39 Å². The van der Waals surface area contributed by atoms with E-state index >= 15 is 0 Å². The number of rotatable bonds is 4. The zero-order chi connectivity index (χ0) is 17.8. The third-order valence-corrected chi connectivity index (χ3v) is 4.45. The molecule has 25 heavy (non-hydrogen) atoms. The molecule has 3 rings (SSSR count). The van der Waals surface area contributed by atoms with Crippen LogP contribution in [-0.4, -0.2) is 29.3 Å². The minimum absolute atomic E-state index is 0.0307. The minimum atomic E-state index is -0.252. The molecule has 0 spiro atoms. The number of hydrogen-bond acceptors (Lipinski definition) is 2. The van der Waals surface area contributed by atoms with Crippen LogP contribution in [-0.2, 0) is 11.2 Å². The Labute approximate surface area is 146 Å². The van der Waals surface area contributed by atoms with Gasteiger partial charge in [0.15, 0.2) is 0 Å². The van der Waals surface area contributed by atoms with Gasteiger partial charge in [-0.05, 0) is 55.2 Å². The van der Waals surface area contributed by atoms with Gasteiger partial charge in [-0.3, -0.25) is 9.59 Å². The van der Waals surface area contributed by atoms with E-state index in [0.29, 0.717) is 11.3 Å². The molecule has 1 fully saturated rings. The van der Waals surface area contributed by atoms with Crippen molar-refractivity contribution in [3.63, 3.8) is 0 Å². The van der Waals surface area contributed by atoms with Crippen molar-refractivity contribution in [3.8, 4) is 0 Å². The van der Waals surface area contributed by atoms with Crippen LogP contribution in [0, 0.1) is 5.82 Å². The number of carbonyl (C=O) groups excluding carboxylic acids is 2. The number of halogens is 1. The average Bonchev–Trinajstić information content (AvgIpc) is 3.04. The number of benzene rings is 2. The van der Waals surface area contributed by atoms with Gasteiger partial charge < -0.3 is 10.2 Å². The molecule has 5 heteroatoms. The van der Waals surface area contributed by atoms with Gasteiger partial charge >= 0.3 is 0 Å². The van der Waals surface area contributed by atoms with E-state index in [9.17, 15) is 14.0 Å². The molecule has 1 aliphatic heterocycles. The zero-order valence-corrected chi connectivity index (χ0v) is 14.2. The van der Waals surface area contributed by atoms with Gasteiger partial charge in [0.2, 0.25) is 5.91 Å². The highest BCUT2D eigenvalue weighted by Gasteiger charge is 2.29. The number of likely N-dealkylation sites (tertiary alicyclic amines) is 1. The van der Waals surface area contributed by atoms with Gasteiger partial charge in [-0.2, -0.15) is 0 Å². The smallest absolute Gasteiger partial charge is 0.254 e. The van der Waals surface area contributed by atoms with Crippen LogP contribution in [0.3, 0.4) is 0 Å². The van der Waals surface area contributed by atoms with Gasteiger partial charge in [0.25, 0.3) is 5.91 Å². The van der Waals surface area contributed by atoms with E-state index in [1.165, 1.54) is 19.1 Å². The van der Waals surface area contributed by atoms with Crippen molar-refractivity contribution in [2.75, 3.05) is 11.9 Å². The highest BCUT2D eigenvalue weighted by molar-refractivity contribution is 5.97. The SMILES string of the molecule is CC(=O)Nc1cccc(C(=O)N2CCCC2Cc2ccc(F)cc2)c1. The van der Waals surface area contributed by atoms with E-state index < -0.39 is 0 Å². The number of anilines is 1. The van der Waals surface area contributed by atoms with Gasteiger partial charge in [0.1, 0.15) is 5.82 Å². The van der Waals surface area contributed by atoms with E-state index in [-0.39, 0.29) is 23.7 Å². The number of nitrogens with one attached hydrogen (secondary N) is 1. The van der Waals surface area contributed by atoms with Gasteiger partial charge in [-0.15, -0.1) is 0 Å². The lowest BCUT2D eigenvalue weighted by molar-refractivity contribution is -0.114. The summed E-state index contributed by atoms with van der Waals surface area (Å²) in [6, 6.07) is 13.6. The Balaban J connectivity index is 1.74. The Morgan fingerprint density at radius 3 is 2.68 bits per heavy atom. The fraction of sp³-hybridized carbons (Fsp3) is 0.300. The lowest BCUT2D eigenvalue weighted by Gasteiger charge is -2.25. The second kappa shape index (κ2) is 7.47. The normalized spacial score (nSPS) is 16.7. The lowest BCUT2D eigenvalue weighted by atomic mass is 10.0. The first-order chi connectivity index (χ1) is 12.0. The van der Waals surface area contributed by atoms with Crippen LogP contribution >= 0.6 is 0 Å². The molecule has 0 aromatic heterocycles. The summed E-state index contributed by atoms with van der Waals surface area (Å²) in [5, 5.41) is 2.70. The first-order valence-electron chi connectivity index (χ1n) is 8.46. The number of carbonyl (C=O) groups is 2. The zero-order valence-electron chi connectivity index (χ0n) is 14.2. The van der Waals surface area contributed by atoms with Crippen molar-refractivity contribution in [3.05, 3.63) is 65.5 Å². The van der Waals surface area contributed by atoms with Crippen LogP contribution in [0.15, 0.2) is 48.5 Å². The van der Waals surface area contributed by atoms with Crippen LogP contribution in [0.5, 0.6) is 0 Å². The van der Waals surface area contributed by atoms with Crippen LogP contribution in [0.2, 0.25) is 0 Å². The monoisotopic (exact) mass is 340 g/mol. The molecular formula is C20H21FN2O2. The molecule has 130 valence electrons. The third-order valence-electron chi connectivity index (χ3n) is 4.45. The maximum Gasteiger partial charge on any atom is 0.254 e. The van der Waals surface area contributed by atoms with Gasteiger partial charge in [0.05, 0.1) is 0 Å². The number of nitrogens with zero attached hydrogens (tertiary/aromatic N) is 1. The van der Waals surface area contributed by atoms with E-state index in [1.807, 2.05) is 4.90 Å². The van der Waals surface area contributed by atoms with Crippen molar-refractivity contribution < 1.29 is 14.0 Å². The Morgan fingerprint density at radius 1 is 1.20 bits per heavy atom. The van der Waals surface area contributed by atoms with E-state index in [2.05, 4.69) is 5.32 Å². The highest BCUT2D eigenvalue weighted by atomic mass is 19.1. The Morgan fingerprint density at radius 2 is 1.96 bits per heavy atom. The predicted octanol–water partition coefficient (Wildman–Crippen LogP) is 3.63. The van der Waals surface area contributed by atoms with E-state index in [4.69, 9.17) is 0 Å². The topological polar surface area (TPSA) is 49.4 Å². The summed E-state index contributed by atoms with van der Waals surface area (Å²) in [6.07, 6.45) is 2.62. The van der Waals surface area contributed by atoms with Crippen molar-refractivity contribution in [1.82, 2.24) is 4.90 Å². The summed E-state index contributed by atoms with van der Waals surface area (Å²) < 4.78 is 13.1. The molecule has 1 aliphatic rings. The maximum absolute atomic E-state index is 13.1. The molecular weight excluding hydrogens is 319 g/mol. The molecule has 2 aromatic rings. The molecule has 2 aromatic carbocycles. The second-order valence-corrected chi connectivity index (χ2v) is 6.39. The van der Waals surface area contributed by atoms with Gasteiger partial charge in [0, 0.05) is 30.8 Å². The molecule has 0 saturated carbocycles. The molecule has 2 amide bonds. The Kier molecular flexibility index (Phi) is 5.12. The Hall–Kier alpha value is -2.69. The molecule has 4 nitrogen and oxygen atoms in total. The largest absolute Gasteiger partial charge is 0.335 e. The van der Waals surface area contributed by atoms with Crippen molar-refractivity contribution in [1.29, 1.82) is 0 Å². The molecule has 1 heterocycles. The Bertz CT molecular complexity index is 774. The molecule has 0 radical (unpaired) electrons. The lowest BCUT2D eigenvalue weighted by Crippen LogP contribution is -2.36. The summed E-state index contributed by atoms with van der Waals surface area (Å²) in [5.74, 6) is -0.449. The minimum Gasteiger partial charge on any atom is -0.335 e. The van der Waals surface area contributed by atoms with Crippen molar-refractivity contribution >= 4 is 17.5 Å². The summed E-state index contributed by atoms with van der Waals surface area (Å²) in [6.45, 7) is 2.16. The average molecular weight is 340 g/mol. The van der Waals surface area contributed by atoms with E-state index in [0.717, 1.165) is 31.4 Å². The molecule has 1 saturated heterocycles. The summed E-state index contributed by atoms with van der Waals surface area (Å²) >= 11 is 0. The first-order valence-corrected chi connectivity index (χ1v) is 8.46. The second-order valence-electron chi connectivity index (χ2n) is 6.39. The first kappa shape index (κ1) is 17.1. The van der Waals surface area contributed by atoms with Crippen LogP contribution < -0.4 is 5.32 Å². The fourth-order valence-corrected chi connectivity index (χ4v) is 3.31. The molecule has 1 unspecified atom stereocenters. The van der Waals surface area contributed by atoms with Crippen LogP contribution in [0.4, 0.5) is 10.1 Å². The third kappa shape index (κ3) is 4.24. The maximum atomic E-state index is 13.1. The van der Waals surface area contributed by atoms with Gasteiger partial charge in [-0.1, -0.05) is 18.2 Å². The van der Waals surface area contributed by atoms with E-state index in [1.54, 1.807) is 36.4 Å². The summed E-state index contributed by atoms with van der Waals surface area (Å²) in [5.41, 5.74) is 2.21. The number of hydrogen-bond donors (Lipinski definition) is 1. The summed E-state index contributed by atoms with van der Waals surface area (Å²) in [4.78, 5) is 26.0. The standard InChI is InChI=1S/C20H21FN2O2/c1-14(24)22-18-5-2-4-16(13-18)20(25)23-11-3-6-19(23)12-15-7-9-17(21)10-8-15/h2,4-5,7-10,13,19H,3,6,11-12H2,1H3,(H,22,24). The van der Waals surface area contributed by atoms with Crippen LogP contribution in [0.1, 0.15) is 35.7 Å². The predicted molar refractivity (Wildman–Crippen MR) is 94.9 cm³/mol. The fourth-order valence-electron chi connectivity index (χ4n) is 3.31. The molecule has 1 atom stereocenters. The summed E-state index contributed by atoms with van der Waals surface area (Å²) in [7, 11) is 0. The quantitative estimate of drug-likeness (QED) is 0.924. The molecule has 0 aliphatic carbocycles. The molecule has 1 N–H and O–H groups in total. The van der Waals surface area contributed by atoms with Crippen molar-refractivity contribution in [2.24, 2.45) is 0 Å². The van der Waals surface area contributed by atoms with Crippen LogP contribution in [0.25, 0.3) is 0 Å². The highest BCUT2D eigenvalue weighted by Crippen LogP contribution is 2.24. The van der Waals surface area contributed by atoms with Crippen molar-refractivity contribution in [2.45, 2.75) is 32.2 Å².